The van der Waals surface area contributed by atoms with Crippen LogP contribution >= 0.6 is 23.8 Å². The summed E-state index contributed by atoms with van der Waals surface area (Å²) in [5.74, 6) is -0.404. The van der Waals surface area contributed by atoms with Crippen LogP contribution in [-0.4, -0.2) is 32.8 Å². The fraction of sp³-hybridized carbons (Fsp3) is 0.179. The number of carboxylic acids is 1. The zero-order valence-electron chi connectivity index (χ0n) is 20.5. The van der Waals surface area contributed by atoms with E-state index in [4.69, 9.17) is 28.6 Å². The van der Waals surface area contributed by atoms with Gasteiger partial charge in [0.25, 0.3) is 0 Å². The van der Waals surface area contributed by atoms with E-state index in [1.54, 1.807) is 25.4 Å². The highest BCUT2D eigenvalue weighted by Crippen LogP contribution is 2.45. The van der Waals surface area contributed by atoms with Gasteiger partial charge in [0.1, 0.15) is 5.75 Å². The average molecular weight is 533 g/mol. The van der Waals surface area contributed by atoms with Gasteiger partial charge in [-0.1, -0.05) is 29.8 Å². The van der Waals surface area contributed by atoms with Crippen LogP contribution in [0.1, 0.15) is 45.1 Å². The van der Waals surface area contributed by atoms with Crippen LogP contribution in [0.15, 0.2) is 72.9 Å². The second kappa shape index (κ2) is 9.88. The number of methoxy groups -OCH3 is 1. The molecule has 7 nitrogen and oxygen atoms in total. The first-order valence-electron chi connectivity index (χ1n) is 11.7. The van der Waals surface area contributed by atoms with Crippen molar-refractivity contribution in [1.29, 1.82) is 0 Å². The molecule has 37 heavy (non-hydrogen) atoms. The summed E-state index contributed by atoms with van der Waals surface area (Å²) in [4.78, 5) is 18.7. The quantitative estimate of drug-likeness (QED) is 0.294. The molecule has 188 valence electrons. The fourth-order valence-corrected chi connectivity index (χ4v) is 5.66. The summed E-state index contributed by atoms with van der Waals surface area (Å²) in [7, 11) is 1.58. The van der Waals surface area contributed by atoms with Gasteiger partial charge in [0.2, 0.25) is 0 Å². The van der Waals surface area contributed by atoms with Crippen molar-refractivity contribution in [1.82, 2.24) is 14.9 Å². The highest BCUT2D eigenvalue weighted by atomic mass is 35.5. The Bertz CT molecular complexity index is 1500. The second-order valence-corrected chi connectivity index (χ2v) is 9.59. The monoisotopic (exact) mass is 532 g/mol. The minimum atomic E-state index is -0.978. The standard InChI is InChI=1S/C28H25ClN4O3S/c1-16-14-20(17(2)32(16)23-10-5-4-8-19(23)27(34)35)26-25(22-9-6-7-13-30-22)31-28(37)33(26)18-11-12-24(36-3)21(29)15-18/h4-15,25-26H,1-3H3,(H,31,37)(H,34,35)/t25-,26+/m1/s1. The van der Waals surface area contributed by atoms with E-state index in [1.165, 1.54) is 0 Å². The number of aromatic nitrogens is 2. The van der Waals surface area contributed by atoms with Gasteiger partial charge in [-0.3, -0.25) is 4.98 Å². The number of carboxylic acid groups (broad SMARTS) is 1. The highest BCUT2D eigenvalue weighted by Gasteiger charge is 2.42. The number of aryl methyl sites for hydroxylation is 1. The maximum atomic E-state index is 12.0. The molecule has 0 bridgehead atoms. The van der Waals surface area contributed by atoms with E-state index >= 15 is 0 Å². The van der Waals surface area contributed by atoms with Gasteiger partial charge in [-0.2, -0.15) is 0 Å². The van der Waals surface area contributed by atoms with Crippen molar-refractivity contribution in [3.8, 4) is 11.4 Å². The van der Waals surface area contributed by atoms with Gasteiger partial charge < -0.3 is 24.6 Å². The third-order valence-corrected chi connectivity index (χ3v) is 7.29. The van der Waals surface area contributed by atoms with Crippen LogP contribution < -0.4 is 15.0 Å². The van der Waals surface area contributed by atoms with Crippen molar-refractivity contribution in [3.63, 3.8) is 0 Å². The summed E-state index contributed by atoms with van der Waals surface area (Å²) in [6.45, 7) is 3.97. The molecule has 9 heteroatoms. The highest BCUT2D eigenvalue weighted by molar-refractivity contribution is 7.80. The third kappa shape index (κ3) is 4.32. The molecule has 1 aliphatic rings. The summed E-state index contributed by atoms with van der Waals surface area (Å²) < 4.78 is 7.33. The molecule has 2 aromatic carbocycles. The predicted molar refractivity (Wildman–Crippen MR) is 148 cm³/mol. The van der Waals surface area contributed by atoms with E-state index in [1.807, 2.05) is 71.8 Å². The Labute approximate surface area is 225 Å². The molecule has 1 aliphatic heterocycles. The topological polar surface area (TPSA) is 79.6 Å². The average Bonchev–Trinajstić information content (AvgIpc) is 3.39. The summed E-state index contributed by atoms with van der Waals surface area (Å²) in [5.41, 5.74) is 5.30. The van der Waals surface area contributed by atoms with Crippen molar-refractivity contribution < 1.29 is 14.6 Å². The normalized spacial score (nSPS) is 17.1. The lowest BCUT2D eigenvalue weighted by Crippen LogP contribution is -2.29. The minimum Gasteiger partial charge on any atom is -0.495 e. The first-order chi connectivity index (χ1) is 17.8. The summed E-state index contributed by atoms with van der Waals surface area (Å²) in [6.07, 6.45) is 1.76. The van der Waals surface area contributed by atoms with Gasteiger partial charge in [-0.15, -0.1) is 0 Å². The lowest BCUT2D eigenvalue weighted by Gasteiger charge is -2.28. The third-order valence-electron chi connectivity index (χ3n) is 6.68. The van der Waals surface area contributed by atoms with Crippen LogP contribution in [0.5, 0.6) is 5.75 Å². The molecular formula is C28H25ClN4O3S. The molecule has 3 heterocycles. The van der Waals surface area contributed by atoms with Gasteiger partial charge in [0.05, 0.1) is 41.2 Å². The lowest BCUT2D eigenvalue weighted by molar-refractivity contribution is 0.0697. The minimum absolute atomic E-state index is 0.232. The zero-order valence-corrected chi connectivity index (χ0v) is 22.0. The van der Waals surface area contributed by atoms with E-state index in [2.05, 4.69) is 16.4 Å². The second-order valence-electron chi connectivity index (χ2n) is 8.80. The molecule has 2 N–H and O–H groups in total. The van der Waals surface area contributed by atoms with E-state index in [0.717, 1.165) is 28.3 Å². The number of halogens is 1. The maximum Gasteiger partial charge on any atom is 0.337 e. The smallest absolute Gasteiger partial charge is 0.337 e. The number of aromatic carboxylic acids is 1. The lowest BCUT2D eigenvalue weighted by atomic mass is 9.96. The molecule has 0 amide bonds. The Balaban J connectivity index is 1.70. The number of rotatable bonds is 6. The number of para-hydroxylation sites is 1. The number of carbonyl (C=O) groups is 1. The summed E-state index contributed by atoms with van der Waals surface area (Å²) >= 11 is 12.3. The van der Waals surface area contributed by atoms with Crippen molar-refractivity contribution in [2.75, 3.05) is 12.0 Å². The summed E-state index contributed by atoms with van der Waals surface area (Å²) in [5, 5.41) is 14.3. The first-order valence-corrected chi connectivity index (χ1v) is 12.5. The van der Waals surface area contributed by atoms with E-state index < -0.39 is 5.97 Å². The van der Waals surface area contributed by atoms with Gasteiger partial charge in [-0.05, 0) is 80.2 Å². The van der Waals surface area contributed by atoms with E-state index in [9.17, 15) is 9.90 Å². The molecule has 0 spiro atoms. The Morgan fingerprint density at radius 3 is 2.54 bits per heavy atom. The van der Waals surface area contributed by atoms with Crippen LogP contribution in [-0.2, 0) is 0 Å². The number of pyridine rings is 1. The molecule has 4 aromatic rings. The van der Waals surface area contributed by atoms with Crippen molar-refractivity contribution in [2.24, 2.45) is 0 Å². The number of ether oxygens (including phenoxy) is 1. The fourth-order valence-electron chi connectivity index (χ4n) is 5.06. The SMILES string of the molecule is COc1ccc(N2C(=S)N[C@H](c3ccccn3)[C@@H]2c2cc(C)n(-c3ccccc3C(=O)O)c2C)cc1Cl. The Kier molecular flexibility index (Phi) is 6.62. The molecule has 1 saturated heterocycles. The van der Waals surface area contributed by atoms with Crippen molar-refractivity contribution >= 4 is 40.6 Å². The van der Waals surface area contributed by atoms with Gasteiger partial charge in [0, 0.05) is 23.3 Å². The molecule has 0 saturated carbocycles. The van der Waals surface area contributed by atoms with Gasteiger partial charge >= 0.3 is 5.97 Å². The van der Waals surface area contributed by atoms with Crippen LogP contribution in [0.25, 0.3) is 5.69 Å². The number of hydrogen-bond donors (Lipinski definition) is 2. The molecule has 2 atom stereocenters. The molecule has 2 aromatic heterocycles. The molecule has 0 unspecified atom stereocenters. The number of anilines is 1. The zero-order chi connectivity index (χ0) is 26.3. The number of thiocarbonyl (C=S) groups is 1. The van der Waals surface area contributed by atoms with Crippen LogP contribution in [0, 0.1) is 13.8 Å². The molecule has 0 aliphatic carbocycles. The van der Waals surface area contributed by atoms with Crippen molar-refractivity contribution in [2.45, 2.75) is 25.9 Å². The van der Waals surface area contributed by atoms with Crippen molar-refractivity contribution in [3.05, 3.63) is 106 Å². The molecule has 0 radical (unpaired) electrons. The Morgan fingerprint density at radius 1 is 1.11 bits per heavy atom. The predicted octanol–water partition coefficient (Wildman–Crippen LogP) is 6.03. The first kappa shape index (κ1) is 24.8. The van der Waals surface area contributed by atoms with Crippen LogP contribution in [0.4, 0.5) is 5.69 Å². The number of benzene rings is 2. The van der Waals surface area contributed by atoms with Gasteiger partial charge in [-0.25, -0.2) is 4.79 Å². The Morgan fingerprint density at radius 2 is 1.86 bits per heavy atom. The van der Waals surface area contributed by atoms with E-state index in [0.29, 0.717) is 21.6 Å². The molecular weight excluding hydrogens is 508 g/mol. The van der Waals surface area contributed by atoms with E-state index in [-0.39, 0.29) is 17.6 Å². The molecule has 5 rings (SSSR count). The summed E-state index contributed by atoms with van der Waals surface area (Å²) in [6, 6.07) is 19.9. The largest absolute Gasteiger partial charge is 0.495 e. The maximum absolute atomic E-state index is 12.0. The number of nitrogens with zero attached hydrogens (tertiary/aromatic N) is 3. The van der Waals surface area contributed by atoms with Crippen LogP contribution in [0.2, 0.25) is 5.02 Å². The van der Waals surface area contributed by atoms with Crippen LogP contribution in [0.3, 0.4) is 0 Å². The number of hydrogen-bond acceptors (Lipinski definition) is 4. The number of nitrogens with one attached hydrogen (secondary N) is 1. The van der Waals surface area contributed by atoms with Gasteiger partial charge in [0.15, 0.2) is 5.11 Å². The molecule has 1 fully saturated rings. The Hall–Kier alpha value is -3.88.